The first-order valence-corrected chi connectivity index (χ1v) is 3.58. The molecule has 0 atom stereocenters. The molecule has 1 aliphatic rings. The summed E-state index contributed by atoms with van der Waals surface area (Å²) in [5.41, 5.74) is 0.855. The van der Waals surface area contributed by atoms with Crippen LogP contribution in [0.5, 0.6) is 0 Å². The van der Waals surface area contributed by atoms with Gasteiger partial charge in [0.25, 0.3) is 0 Å². The maximum absolute atomic E-state index is 5.06. The standard InChI is InChI=1S/C9H10N2O/c1-3-10-7-8-5-6-12-9(8)11-4-2/h3-7H,2H2,1H3/b8-7-,10-3+,11-9+. The number of aliphatic imine (C=N–C) groups is 2. The van der Waals surface area contributed by atoms with Crippen molar-refractivity contribution in [2.24, 2.45) is 9.98 Å². The normalized spacial score (nSPS) is 22.4. The molecule has 3 nitrogen and oxygen atoms in total. The summed E-state index contributed by atoms with van der Waals surface area (Å²) in [4.78, 5) is 7.86. The lowest BCUT2D eigenvalue weighted by molar-refractivity contribution is 0.487. The molecule has 0 spiro atoms. The van der Waals surface area contributed by atoms with Gasteiger partial charge in [0.2, 0.25) is 5.90 Å². The number of hydrogen-bond acceptors (Lipinski definition) is 3. The molecule has 0 unspecified atom stereocenters. The molecule has 0 aliphatic carbocycles. The third-order valence-corrected chi connectivity index (χ3v) is 1.25. The van der Waals surface area contributed by atoms with E-state index in [4.69, 9.17) is 4.74 Å². The monoisotopic (exact) mass is 162 g/mol. The van der Waals surface area contributed by atoms with Gasteiger partial charge in [-0.25, -0.2) is 4.99 Å². The second-order valence-corrected chi connectivity index (χ2v) is 2.03. The van der Waals surface area contributed by atoms with E-state index in [2.05, 4.69) is 16.6 Å². The highest BCUT2D eigenvalue weighted by Gasteiger charge is 2.09. The molecule has 0 aromatic heterocycles. The number of nitrogens with zero attached hydrogens (tertiary/aromatic N) is 2. The minimum Gasteiger partial charge on any atom is -0.446 e. The van der Waals surface area contributed by atoms with E-state index in [9.17, 15) is 0 Å². The van der Waals surface area contributed by atoms with Gasteiger partial charge in [0.15, 0.2) is 0 Å². The zero-order valence-corrected chi connectivity index (χ0v) is 6.90. The molecule has 0 bridgehead atoms. The van der Waals surface area contributed by atoms with Crippen molar-refractivity contribution in [3.8, 4) is 0 Å². The summed E-state index contributed by atoms with van der Waals surface area (Å²) in [5.74, 6) is 0.538. The van der Waals surface area contributed by atoms with Crippen LogP contribution in [0.4, 0.5) is 0 Å². The predicted octanol–water partition coefficient (Wildman–Crippen LogP) is 2.05. The lowest BCUT2D eigenvalue weighted by Crippen LogP contribution is -1.95. The molecule has 1 rings (SSSR count). The fraction of sp³-hybridized carbons (Fsp3) is 0.111. The summed E-state index contributed by atoms with van der Waals surface area (Å²) in [6.45, 7) is 5.33. The number of rotatable bonds is 2. The van der Waals surface area contributed by atoms with E-state index in [1.54, 1.807) is 24.8 Å². The van der Waals surface area contributed by atoms with Crippen LogP contribution in [0.1, 0.15) is 6.92 Å². The molecule has 62 valence electrons. The summed E-state index contributed by atoms with van der Waals surface area (Å²) < 4.78 is 5.06. The largest absolute Gasteiger partial charge is 0.446 e. The van der Waals surface area contributed by atoms with Crippen molar-refractivity contribution in [1.82, 2.24) is 0 Å². The molecule has 0 saturated carbocycles. The number of hydrogen-bond donors (Lipinski definition) is 0. The molecule has 0 amide bonds. The molecule has 3 heteroatoms. The Bertz CT molecular complexity index is 285. The molecule has 0 aromatic rings. The van der Waals surface area contributed by atoms with E-state index >= 15 is 0 Å². The molecular weight excluding hydrogens is 152 g/mol. The van der Waals surface area contributed by atoms with Gasteiger partial charge in [0, 0.05) is 18.6 Å². The predicted molar refractivity (Wildman–Crippen MR) is 50.1 cm³/mol. The van der Waals surface area contributed by atoms with Gasteiger partial charge in [-0.3, -0.25) is 4.99 Å². The van der Waals surface area contributed by atoms with Crippen molar-refractivity contribution >= 4 is 12.1 Å². The summed E-state index contributed by atoms with van der Waals surface area (Å²) in [5, 5.41) is 0. The first-order chi connectivity index (χ1) is 5.88. The van der Waals surface area contributed by atoms with Crippen molar-refractivity contribution in [3.63, 3.8) is 0 Å². The summed E-state index contributed by atoms with van der Waals surface area (Å²) in [6, 6.07) is 0. The fourth-order valence-corrected chi connectivity index (χ4v) is 0.752. The second kappa shape index (κ2) is 4.28. The Kier molecular flexibility index (Phi) is 3.02. The molecular formula is C9H10N2O. The van der Waals surface area contributed by atoms with Crippen LogP contribution in [0.3, 0.4) is 0 Å². The molecule has 1 aliphatic heterocycles. The van der Waals surface area contributed by atoms with Crippen molar-refractivity contribution < 1.29 is 4.74 Å². The van der Waals surface area contributed by atoms with E-state index in [0.717, 1.165) is 5.57 Å². The second-order valence-electron chi connectivity index (χ2n) is 2.03. The van der Waals surface area contributed by atoms with Crippen LogP contribution in [0, 0.1) is 0 Å². The third kappa shape index (κ3) is 1.92. The summed E-state index contributed by atoms with van der Waals surface area (Å²) >= 11 is 0. The van der Waals surface area contributed by atoms with Gasteiger partial charge >= 0.3 is 0 Å². The quantitative estimate of drug-likeness (QED) is 0.572. The van der Waals surface area contributed by atoms with E-state index in [1.165, 1.54) is 6.20 Å². The minimum absolute atomic E-state index is 0.538. The maximum Gasteiger partial charge on any atom is 0.227 e. The van der Waals surface area contributed by atoms with Crippen LogP contribution in [0.25, 0.3) is 0 Å². The molecule has 0 aromatic carbocycles. The Labute approximate surface area is 71.5 Å². The summed E-state index contributed by atoms with van der Waals surface area (Å²) in [6.07, 6.45) is 8.19. The highest BCUT2D eigenvalue weighted by molar-refractivity contribution is 5.99. The Hall–Kier alpha value is -1.64. The average Bonchev–Trinajstić information content (AvgIpc) is 2.50. The average molecular weight is 162 g/mol. The highest BCUT2D eigenvalue weighted by Crippen LogP contribution is 2.10. The van der Waals surface area contributed by atoms with E-state index < -0.39 is 0 Å². The molecule has 0 fully saturated rings. The van der Waals surface area contributed by atoms with Crippen LogP contribution in [0.15, 0.2) is 46.9 Å². The smallest absolute Gasteiger partial charge is 0.227 e. The maximum atomic E-state index is 5.06. The van der Waals surface area contributed by atoms with Crippen LogP contribution in [-0.4, -0.2) is 12.1 Å². The minimum atomic E-state index is 0.538. The first-order valence-electron chi connectivity index (χ1n) is 3.58. The number of ether oxygens (including phenoxy) is 1. The van der Waals surface area contributed by atoms with Gasteiger partial charge in [0.05, 0.1) is 11.8 Å². The zero-order valence-electron chi connectivity index (χ0n) is 6.90. The van der Waals surface area contributed by atoms with Gasteiger partial charge in [-0.05, 0) is 13.0 Å². The van der Waals surface area contributed by atoms with E-state index in [-0.39, 0.29) is 0 Å². The highest BCUT2D eigenvalue weighted by atomic mass is 16.5. The van der Waals surface area contributed by atoms with Gasteiger partial charge in [0.1, 0.15) is 0 Å². The lowest BCUT2D eigenvalue weighted by atomic mass is 10.3. The lowest BCUT2D eigenvalue weighted by Gasteiger charge is -1.94. The van der Waals surface area contributed by atoms with Gasteiger partial charge in [-0.1, -0.05) is 6.58 Å². The SMILES string of the molecule is C=C/N=C1/OC=C/C1=C/N=C/C. The summed E-state index contributed by atoms with van der Waals surface area (Å²) in [7, 11) is 0. The van der Waals surface area contributed by atoms with E-state index in [1.807, 2.05) is 6.92 Å². The topological polar surface area (TPSA) is 34.0 Å². The Balaban J connectivity index is 2.82. The molecule has 0 radical (unpaired) electrons. The Morgan fingerprint density at radius 2 is 2.42 bits per heavy atom. The van der Waals surface area contributed by atoms with Crippen LogP contribution in [-0.2, 0) is 4.74 Å². The molecule has 0 N–H and O–H groups in total. The zero-order chi connectivity index (χ0) is 8.81. The fourth-order valence-electron chi connectivity index (χ4n) is 0.752. The Morgan fingerprint density at radius 3 is 3.08 bits per heavy atom. The van der Waals surface area contributed by atoms with Crippen molar-refractivity contribution in [2.45, 2.75) is 6.92 Å². The van der Waals surface area contributed by atoms with Crippen LogP contribution < -0.4 is 0 Å². The van der Waals surface area contributed by atoms with Crippen LogP contribution >= 0.6 is 0 Å². The molecule has 0 saturated heterocycles. The van der Waals surface area contributed by atoms with Gasteiger partial charge in [-0.2, -0.15) is 0 Å². The van der Waals surface area contributed by atoms with Crippen LogP contribution in [0.2, 0.25) is 0 Å². The van der Waals surface area contributed by atoms with Gasteiger partial charge < -0.3 is 4.74 Å². The van der Waals surface area contributed by atoms with Crippen molar-refractivity contribution in [1.29, 1.82) is 0 Å². The third-order valence-electron chi connectivity index (χ3n) is 1.25. The van der Waals surface area contributed by atoms with Crippen molar-refractivity contribution in [2.75, 3.05) is 0 Å². The Morgan fingerprint density at radius 1 is 1.58 bits per heavy atom. The van der Waals surface area contributed by atoms with Gasteiger partial charge in [-0.15, -0.1) is 0 Å². The first kappa shape index (κ1) is 8.46. The molecule has 1 heterocycles. The van der Waals surface area contributed by atoms with E-state index in [0.29, 0.717) is 5.90 Å². The molecule has 12 heavy (non-hydrogen) atoms. The van der Waals surface area contributed by atoms with Crippen molar-refractivity contribution in [3.05, 3.63) is 36.9 Å².